The van der Waals surface area contributed by atoms with E-state index in [9.17, 15) is 0 Å². The van der Waals surface area contributed by atoms with Crippen molar-refractivity contribution in [2.24, 2.45) is 0 Å². The summed E-state index contributed by atoms with van der Waals surface area (Å²) < 4.78 is 0. The zero-order valence-electron chi connectivity index (χ0n) is 26.6. The maximum Gasteiger partial charge on any atom is -0.0111 e. The van der Waals surface area contributed by atoms with Crippen LogP contribution in [0.25, 0.3) is 65.3 Å². The van der Waals surface area contributed by atoms with Crippen LogP contribution >= 0.6 is 0 Å². The van der Waals surface area contributed by atoms with Crippen molar-refractivity contribution in [1.29, 1.82) is 0 Å². The van der Waals surface area contributed by atoms with Crippen molar-refractivity contribution >= 4 is 49.3 Å². The molecule has 0 nitrogen and oxygen atoms in total. The fourth-order valence-electron chi connectivity index (χ4n) is 6.24. The van der Waals surface area contributed by atoms with Crippen molar-refractivity contribution in [1.82, 2.24) is 0 Å². The summed E-state index contributed by atoms with van der Waals surface area (Å²) in [6.07, 6.45) is 0.120. The Morgan fingerprint density at radius 3 is 1.26 bits per heavy atom. The molecule has 0 aliphatic heterocycles. The van der Waals surface area contributed by atoms with Gasteiger partial charge in [0.15, 0.2) is 0 Å². The molecule has 0 bridgehead atoms. The SMILES string of the molecule is C[Si](C)=[Ti+2].Cc1ccc2ccccc2c1-c1cccc2[cH-]ccc12.Cc1ccc2ccccc2c1-c1cccc2[cH-]ccc12.[Cl-].[Cl-]. The molecule has 8 aromatic carbocycles. The molecule has 8 rings (SSSR count). The molecule has 0 amide bonds. The molecule has 0 saturated carbocycles. The number of hydrogen-bond donors (Lipinski definition) is 0. The van der Waals surface area contributed by atoms with Crippen LogP contribution in [0.4, 0.5) is 0 Å². The summed E-state index contributed by atoms with van der Waals surface area (Å²) in [6, 6.07) is 52.3. The number of fused-ring (bicyclic) bond motifs is 4. The summed E-state index contributed by atoms with van der Waals surface area (Å²) >= 11 is 2.27. The number of rotatable bonds is 2. The molecule has 0 heterocycles. The van der Waals surface area contributed by atoms with Crippen LogP contribution in [0.1, 0.15) is 11.1 Å². The Bertz CT molecular complexity index is 2100. The van der Waals surface area contributed by atoms with Gasteiger partial charge in [0, 0.05) is 0 Å². The van der Waals surface area contributed by atoms with Gasteiger partial charge in [0.25, 0.3) is 0 Å². The van der Waals surface area contributed by atoms with Gasteiger partial charge in [0.2, 0.25) is 0 Å². The molecule has 0 spiro atoms. The minimum absolute atomic E-state index is 0. The second-order valence-electron chi connectivity index (χ2n) is 11.6. The van der Waals surface area contributed by atoms with E-state index in [0.29, 0.717) is 0 Å². The van der Waals surface area contributed by atoms with Crippen molar-refractivity contribution in [2.75, 3.05) is 0 Å². The molecule has 0 saturated heterocycles. The molecule has 0 N–H and O–H groups in total. The average molecular weight is 688 g/mol. The minimum Gasteiger partial charge on any atom is -1.00 e. The van der Waals surface area contributed by atoms with Crippen molar-refractivity contribution in [2.45, 2.75) is 26.9 Å². The first-order chi connectivity index (χ1) is 21.4. The normalized spacial score (nSPS) is 10.4. The summed E-state index contributed by atoms with van der Waals surface area (Å²) in [7, 11) is 0. The van der Waals surface area contributed by atoms with Crippen LogP contribution in [-0.2, 0) is 19.2 Å². The van der Waals surface area contributed by atoms with Crippen LogP contribution < -0.4 is 24.8 Å². The molecule has 228 valence electrons. The Hall–Kier alpha value is -3.43. The molecule has 0 radical (unpaired) electrons. The molecule has 0 aliphatic rings. The summed E-state index contributed by atoms with van der Waals surface area (Å²) in [4.78, 5) is 0. The zero-order valence-corrected chi connectivity index (χ0v) is 30.7. The first-order valence-corrected chi connectivity index (χ1v) is 20.0. The van der Waals surface area contributed by atoms with Gasteiger partial charge in [-0.15, -0.1) is 57.9 Å². The maximum atomic E-state index is 2.27. The van der Waals surface area contributed by atoms with Gasteiger partial charge in [-0.2, -0.15) is 24.3 Å². The Morgan fingerprint density at radius 1 is 0.457 bits per heavy atom. The zero-order chi connectivity index (χ0) is 30.6. The van der Waals surface area contributed by atoms with Crippen LogP contribution in [0.3, 0.4) is 0 Å². The van der Waals surface area contributed by atoms with Gasteiger partial charge in [-0.3, -0.25) is 0 Å². The van der Waals surface area contributed by atoms with Gasteiger partial charge in [0.05, 0.1) is 0 Å². The topological polar surface area (TPSA) is 0 Å². The fourth-order valence-corrected chi connectivity index (χ4v) is 6.24. The van der Waals surface area contributed by atoms with Crippen molar-refractivity contribution in [3.05, 3.63) is 157 Å². The van der Waals surface area contributed by atoms with Crippen LogP contribution in [0.5, 0.6) is 0 Å². The van der Waals surface area contributed by atoms with Crippen molar-refractivity contribution in [3.63, 3.8) is 0 Å². The molecule has 0 aliphatic carbocycles. The minimum atomic E-state index is 0. The van der Waals surface area contributed by atoms with Crippen LogP contribution in [0, 0.1) is 13.8 Å². The third-order valence-electron chi connectivity index (χ3n) is 8.17. The Kier molecular flexibility index (Phi) is 12.3. The monoisotopic (exact) mass is 686 g/mol. The van der Waals surface area contributed by atoms with Gasteiger partial charge in [-0.1, -0.05) is 96.1 Å². The quantitative estimate of drug-likeness (QED) is 0.151. The first kappa shape index (κ1) is 35.4. The number of halogens is 2. The standard InChI is InChI=1S/2C20H15.C2H6Si.2ClH.Ti/c2*1-14-12-13-16-6-2-3-9-18(16)20(14)19-11-5-8-15-7-4-10-17(15)19;1-3-2;;;/h2*2-13H,1H3;1-2H3;2*1H;/q2*-1;;;;+2/p-2. The first-order valence-electron chi connectivity index (χ1n) is 15.2. The molecular weight excluding hydrogens is 651 g/mol. The van der Waals surface area contributed by atoms with E-state index >= 15 is 0 Å². The van der Waals surface area contributed by atoms with Crippen LogP contribution in [-0.4, -0.2) is 6.19 Å². The second kappa shape index (κ2) is 15.9. The Morgan fingerprint density at radius 2 is 0.848 bits per heavy atom. The predicted molar refractivity (Wildman–Crippen MR) is 192 cm³/mol. The fraction of sp³-hybridized carbons (Fsp3) is 0.0952. The second-order valence-corrected chi connectivity index (χ2v) is 18.3. The van der Waals surface area contributed by atoms with Crippen LogP contribution in [0.15, 0.2) is 146 Å². The van der Waals surface area contributed by atoms with E-state index in [1.807, 2.05) is 0 Å². The summed E-state index contributed by atoms with van der Waals surface area (Å²) in [5.41, 5.74) is 8.05. The molecule has 0 atom stereocenters. The van der Waals surface area contributed by atoms with Crippen molar-refractivity contribution < 1.29 is 44.0 Å². The third-order valence-corrected chi connectivity index (χ3v) is 8.17. The van der Waals surface area contributed by atoms with E-state index in [4.69, 9.17) is 0 Å². The molecule has 0 fully saturated rings. The molecule has 0 unspecified atom stereocenters. The Labute approximate surface area is 297 Å². The number of hydrogen-bond acceptors (Lipinski definition) is 0. The molecule has 4 heteroatoms. The third kappa shape index (κ3) is 7.41. The van der Waals surface area contributed by atoms with Gasteiger partial charge >= 0.3 is 38.5 Å². The molecular formula is C42H36Cl2SiTi-2. The van der Waals surface area contributed by atoms with Gasteiger partial charge < -0.3 is 24.8 Å². The van der Waals surface area contributed by atoms with E-state index in [1.54, 1.807) is 0 Å². The van der Waals surface area contributed by atoms with E-state index in [1.165, 1.54) is 76.5 Å². The van der Waals surface area contributed by atoms with Gasteiger partial charge in [-0.25, -0.2) is 0 Å². The summed E-state index contributed by atoms with van der Waals surface area (Å²) in [5.74, 6) is 0. The van der Waals surface area contributed by atoms with Gasteiger partial charge in [-0.05, 0) is 57.6 Å². The predicted octanol–water partition coefficient (Wildman–Crippen LogP) is 6.17. The maximum absolute atomic E-state index is 2.27. The van der Waals surface area contributed by atoms with E-state index in [2.05, 4.69) is 192 Å². The molecule has 0 aromatic heterocycles. The van der Waals surface area contributed by atoms with E-state index in [0.717, 1.165) is 0 Å². The average Bonchev–Trinajstić information content (AvgIpc) is 3.71. The largest absolute Gasteiger partial charge is 1.00 e. The summed E-state index contributed by atoms with van der Waals surface area (Å²) in [6.45, 7) is 8.93. The molecule has 8 aromatic rings. The van der Waals surface area contributed by atoms with E-state index in [-0.39, 0.29) is 31.0 Å². The van der Waals surface area contributed by atoms with Crippen LogP contribution in [0.2, 0.25) is 13.1 Å². The van der Waals surface area contributed by atoms with Crippen molar-refractivity contribution in [3.8, 4) is 22.3 Å². The number of benzene rings is 6. The number of aryl methyl sites for hydroxylation is 2. The Balaban J connectivity index is 0.000000180. The summed E-state index contributed by atoms with van der Waals surface area (Å²) in [5, 5.41) is 10.6. The van der Waals surface area contributed by atoms with Gasteiger partial charge in [0.1, 0.15) is 0 Å². The molecule has 46 heavy (non-hydrogen) atoms. The smallest absolute Gasteiger partial charge is 0.0111 e. The van der Waals surface area contributed by atoms with E-state index < -0.39 is 0 Å².